The largest absolute Gasteiger partial charge is 0.481 e. The molecule has 0 aliphatic carbocycles. The van der Waals surface area contributed by atoms with Crippen LogP contribution in [0.5, 0.6) is 0 Å². The Labute approximate surface area is 122 Å². The summed E-state index contributed by atoms with van der Waals surface area (Å²) in [5.41, 5.74) is 0.876. The zero-order valence-electron chi connectivity index (χ0n) is 12.2. The zero-order valence-corrected chi connectivity index (χ0v) is 13.0. The van der Waals surface area contributed by atoms with Crippen LogP contribution < -0.4 is 10.6 Å². The first-order valence-corrected chi connectivity index (χ1v) is 7.32. The third-order valence-corrected chi connectivity index (χ3v) is 3.54. The summed E-state index contributed by atoms with van der Waals surface area (Å²) in [5.74, 6) is -1.33. The highest BCUT2D eigenvalue weighted by atomic mass is 32.1. The maximum atomic E-state index is 11.6. The lowest BCUT2D eigenvalue weighted by atomic mass is 9.93. The molecule has 1 heterocycles. The number of nitrogens with zero attached hydrogens (tertiary/aromatic N) is 1. The van der Waals surface area contributed by atoms with Crippen LogP contribution in [0.1, 0.15) is 39.8 Å². The van der Waals surface area contributed by atoms with Gasteiger partial charge in [0.05, 0.1) is 11.6 Å². The van der Waals surface area contributed by atoms with Gasteiger partial charge in [-0.3, -0.25) is 10.1 Å². The Bertz CT molecular complexity index is 479. The van der Waals surface area contributed by atoms with E-state index in [1.54, 1.807) is 6.92 Å². The molecule has 0 saturated carbocycles. The maximum absolute atomic E-state index is 11.6. The van der Waals surface area contributed by atoms with Crippen LogP contribution in [-0.4, -0.2) is 28.6 Å². The number of rotatable bonds is 5. The van der Waals surface area contributed by atoms with E-state index in [2.05, 4.69) is 36.4 Å². The van der Waals surface area contributed by atoms with Gasteiger partial charge in [0.1, 0.15) is 0 Å². The van der Waals surface area contributed by atoms with Gasteiger partial charge in [0.2, 0.25) is 0 Å². The molecule has 1 unspecified atom stereocenters. The normalized spacial score (nSPS) is 12.8. The number of hydrogen-bond donors (Lipinski definition) is 3. The van der Waals surface area contributed by atoms with Crippen molar-refractivity contribution in [2.24, 2.45) is 5.92 Å². The van der Waals surface area contributed by atoms with Gasteiger partial charge in [-0.1, -0.05) is 27.7 Å². The Balaban J connectivity index is 2.39. The van der Waals surface area contributed by atoms with Crippen LogP contribution in [0.4, 0.5) is 9.93 Å². The summed E-state index contributed by atoms with van der Waals surface area (Å²) in [6.07, 6.45) is 0.397. The molecule has 0 fully saturated rings. The third-order valence-electron chi connectivity index (χ3n) is 2.78. The second kappa shape index (κ2) is 6.69. The van der Waals surface area contributed by atoms with Crippen LogP contribution in [0.25, 0.3) is 0 Å². The number of hydrogen-bond acceptors (Lipinski definition) is 4. The van der Waals surface area contributed by atoms with Crippen LogP contribution in [0, 0.1) is 5.92 Å². The second-order valence-electron chi connectivity index (χ2n) is 5.70. The zero-order chi connectivity index (χ0) is 15.3. The van der Waals surface area contributed by atoms with E-state index in [9.17, 15) is 9.59 Å². The minimum Gasteiger partial charge on any atom is -0.481 e. The van der Waals surface area contributed by atoms with E-state index in [0.717, 1.165) is 5.69 Å². The number of amides is 2. The molecule has 0 aliphatic heterocycles. The molecular weight excluding hydrogens is 278 g/mol. The predicted molar refractivity (Wildman–Crippen MR) is 79.3 cm³/mol. The van der Waals surface area contributed by atoms with Crippen molar-refractivity contribution in [1.29, 1.82) is 0 Å². The van der Waals surface area contributed by atoms with Crippen molar-refractivity contribution in [3.63, 3.8) is 0 Å². The molecule has 3 N–H and O–H groups in total. The molecule has 0 aliphatic rings. The lowest BCUT2D eigenvalue weighted by Gasteiger charge is -2.14. The summed E-state index contributed by atoms with van der Waals surface area (Å²) in [5, 5.41) is 16.4. The van der Waals surface area contributed by atoms with Crippen LogP contribution in [0.2, 0.25) is 0 Å². The van der Waals surface area contributed by atoms with Crippen LogP contribution in [-0.2, 0) is 10.2 Å². The van der Waals surface area contributed by atoms with Gasteiger partial charge in [-0.2, -0.15) is 0 Å². The van der Waals surface area contributed by atoms with E-state index < -0.39 is 11.9 Å². The minimum atomic E-state index is -0.859. The van der Waals surface area contributed by atoms with Gasteiger partial charge in [-0.15, -0.1) is 11.3 Å². The molecule has 1 atom stereocenters. The van der Waals surface area contributed by atoms with Gasteiger partial charge in [-0.25, -0.2) is 9.78 Å². The van der Waals surface area contributed by atoms with E-state index in [-0.39, 0.29) is 11.4 Å². The van der Waals surface area contributed by atoms with Crippen molar-refractivity contribution >= 4 is 28.5 Å². The lowest BCUT2D eigenvalue weighted by Crippen LogP contribution is -2.31. The van der Waals surface area contributed by atoms with Crippen LogP contribution in [0.15, 0.2) is 5.38 Å². The monoisotopic (exact) mass is 299 g/mol. The van der Waals surface area contributed by atoms with Crippen molar-refractivity contribution in [2.45, 2.75) is 39.5 Å². The fourth-order valence-corrected chi connectivity index (χ4v) is 2.27. The molecule has 1 rings (SSSR count). The number of thiazole rings is 1. The number of carbonyl (C=O) groups is 2. The van der Waals surface area contributed by atoms with E-state index in [1.165, 1.54) is 11.3 Å². The summed E-state index contributed by atoms with van der Waals surface area (Å²) in [6, 6.07) is -0.364. The molecule has 112 valence electrons. The number of aliphatic carboxylic acids is 1. The quantitative estimate of drug-likeness (QED) is 0.779. The Hall–Kier alpha value is -1.63. The van der Waals surface area contributed by atoms with Crippen LogP contribution >= 0.6 is 11.3 Å². The number of aromatic nitrogens is 1. The smallest absolute Gasteiger partial charge is 0.321 e. The van der Waals surface area contributed by atoms with Gasteiger partial charge >= 0.3 is 12.0 Å². The molecule has 2 amide bonds. The summed E-state index contributed by atoms with van der Waals surface area (Å²) >= 11 is 1.37. The summed E-state index contributed by atoms with van der Waals surface area (Å²) < 4.78 is 0. The van der Waals surface area contributed by atoms with Gasteiger partial charge in [0.25, 0.3) is 0 Å². The minimum absolute atomic E-state index is 0.0518. The van der Waals surface area contributed by atoms with Gasteiger partial charge < -0.3 is 10.4 Å². The fraction of sp³-hybridized carbons (Fsp3) is 0.615. The molecule has 0 spiro atoms. The highest BCUT2D eigenvalue weighted by molar-refractivity contribution is 7.13. The molecule has 0 radical (unpaired) electrons. The van der Waals surface area contributed by atoms with E-state index in [0.29, 0.717) is 18.1 Å². The highest BCUT2D eigenvalue weighted by Crippen LogP contribution is 2.26. The third kappa shape index (κ3) is 5.16. The molecule has 0 saturated heterocycles. The van der Waals surface area contributed by atoms with Crippen molar-refractivity contribution in [3.05, 3.63) is 11.1 Å². The second-order valence-corrected chi connectivity index (χ2v) is 6.55. The molecule has 0 aromatic carbocycles. The van der Waals surface area contributed by atoms with Crippen molar-refractivity contribution in [2.75, 3.05) is 11.9 Å². The van der Waals surface area contributed by atoms with Gasteiger partial charge in [0, 0.05) is 17.3 Å². The first kappa shape index (κ1) is 16.4. The Morgan fingerprint density at radius 2 is 2.10 bits per heavy atom. The average Bonchev–Trinajstić information content (AvgIpc) is 2.76. The first-order chi connectivity index (χ1) is 9.20. The Kier molecular flexibility index (Phi) is 5.50. The maximum Gasteiger partial charge on any atom is 0.321 e. The average molecular weight is 299 g/mol. The van der Waals surface area contributed by atoms with E-state index in [1.807, 2.05) is 5.38 Å². The lowest BCUT2D eigenvalue weighted by molar-refractivity contribution is -0.141. The van der Waals surface area contributed by atoms with E-state index in [4.69, 9.17) is 5.11 Å². The molecule has 20 heavy (non-hydrogen) atoms. The SMILES string of the molecule is CC(CCNC(=O)Nc1nc(C(C)(C)C)cs1)C(=O)O. The van der Waals surface area contributed by atoms with Crippen molar-refractivity contribution < 1.29 is 14.7 Å². The standard InChI is InChI=1S/C13H21N3O3S/c1-8(10(17)18)5-6-14-11(19)16-12-15-9(7-20-12)13(2,3)4/h7-8H,5-6H2,1-4H3,(H,17,18)(H2,14,15,16,19). The predicted octanol–water partition coefficient (Wildman–Crippen LogP) is 2.67. The summed E-state index contributed by atoms with van der Waals surface area (Å²) in [7, 11) is 0. The number of anilines is 1. The molecule has 1 aromatic rings. The molecule has 6 nitrogen and oxygen atoms in total. The van der Waals surface area contributed by atoms with Gasteiger partial charge in [0.15, 0.2) is 5.13 Å². The van der Waals surface area contributed by atoms with Crippen molar-refractivity contribution in [1.82, 2.24) is 10.3 Å². The summed E-state index contributed by atoms with van der Waals surface area (Å²) in [4.78, 5) is 26.6. The number of carboxylic acid groups (broad SMARTS) is 1. The highest BCUT2D eigenvalue weighted by Gasteiger charge is 2.18. The molecule has 7 heteroatoms. The molecule has 1 aromatic heterocycles. The summed E-state index contributed by atoms with van der Waals surface area (Å²) in [6.45, 7) is 8.09. The molecular formula is C13H21N3O3S. The topological polar surface area (TPSA) is 91.3 Å². The number of carboxylic acids is 1. The van der Waals surface area contributed by atoms with E-state index >= 15 is 0 Å². The van der Waals surface area contributed by atoms with Crippen molar-refractivity contribution in [3.8, 4) is 0 Å². The van der Waals surface area contributed by atoms with Crippen LogP contribution in [0.3, 0.4) is 0 Å². The Morgan fingerprint density at radius 1 is 1.45 bits per heavy atom. The number of urea groups is 1. The van der Waals surface area contributed by atoms with Gasteiger partial charge in [-0.05, 0) is 6.42 Å². The Morgan fingerprint density at radius 3 is 2.60 bits per heavy atom. The number of nitrogens with one attached hydrogen (secondary N) is 2. The fourth-order valence-electron chi connectivity index (χ4n) is 1.34. The number of carbonyl (C=O) groups excluding carboxylic acids is 1. The molecule has 0 bridgehead atoms. The first-order valence-electron chi connectivity index (χ1n) is 6.44.